The van der Waals surface area contributed by atoms with Crippen LogP contribution in [0, 0.1) is 11.3 Å². The number of amides is 2. The quantitative estimate of drug-likeness (QED) is 0.150. The molecule has 5 atom stereocenters. The van der Waals surface area contributed by atoms with Gasteiger partial charge in [-0.05, 0) is 25.2 Å². The molecule has 0 saturated heterocycles. The fourth-order valence-corrected chi connectivity index (χ4v) is 2.56. The molecule has 5 N–H and O–H groups in total. The summed E-state index contributed by atoms with van der Waals surface area (Å²) in [5, 5.41) is 35.4. The van der Waals surface area contributed by atoms with E-state index in [-0.39, 0.29) is 30.5 Å². The molecule has 178 valence electrons. The maximum Gasteiger partial charge on any atom is 0.308 e. The fraction of sp³-hybridized carbons (Fsp3) is 0.762. The highest BCUT2D eigenvalue weighted by atomic mass is 16.5. The number of carbonyl (C=O) groups is 3. The number of nitrogens with one attached hydrogen (secondary N) is 2. The Bertz CT molecular complexity index is 642. The van der Waals surface area contributed by atoms with Crippen molar-refractivity contribution in [2.45, 2.75) is 71.0 Å². The van der Waals surface area contributed by atoms with Crippen molar-refractivity contribution in [1.29, 1.82) is 0 Å². The highest BCUT2D eigenvalue weighted by molar-refractivity contribution is 5.89. The molecular formula is C21H36N2O8. The Kier molecular flexibility index (Phi) is 10.6. The molecule has 0 unspecified atom stereocenters. The normalized spacial score (nSPS) is 19.2. The van der Waals surface area contributed by atoms with Crippen molar-refractivity contribution in [3.8, 4) is 0 Å². The highest BCUT2D eigenvalue weighted by Gasteiger charge is 2.36. The number of allylic oxidation sites excluding steroid dienone is 1. The summed E-state index contributed by atoms with van der Waals surface area (Å²) in [6.45, 7) is 7.25. The second kappa shape index (κ2) is 12.1. The summed E-state index contributed by atoms with van der Waals surface area (Å²) in [6.07, 6.45) is -1.67. The van der Waals surface area contributed by atoms with Gasteiger partial charge in [0, 0.05) is 7.11 Å². The van der Waals surface area contributed by atoms with Crippen LogP contribution in [0.25, 0.3) is 0 Å². The predicted molar refractivity (Wildman–Crippen MR) is 112 cm³/mol. The molecule has 2 amide bonds. The van der Waals surface area contributed by atoms with Crippen molar-refractivity contribution < 1.29 is 39.2 Å². The van der Waals surface area contributed by atoms with Gasteiger partial charge in [-0.3, -0.25) is 14.4 Å². The average Bonchev–Trinajstić information content (AvgIpc) is 3.53. The van der Waals surface area contributed by atoms with Gasteiger partial charge in [0.05, 0.1) is 12.5 Å². The third-order valence-electron chi connectivity index (χ3n) is 4.62. The van der Waals surface area contributed by atoms with Crippen molar-refractivity contribution in [2.24, 2.45) is 11.3 Å². The highest BCUT2D eigenvalue weighted by Crippen LogP contribution is 2.29. The first kappa shape index (κ1) is 27.0. The van der Waals surface area contributed by atoms with E-state index in [1.807, 2.05) is 20.8 Å². The van der Waals surface area contributed by atoms with E-state index in [0.717, 1.165) is 20.0 Å². The lowest BCUT2D eigenvalue weighted by molar-refractivity contribution is -0.150. The van der Waals surface area contributed by atoms with Gasteiger partial charge in [0.2, 0.25) is 5.91 Å². The maximum absolute atomic E-state index is 12.4. The number of esters is 1. The Morgan fingerprint density at radius 3 is 2.23 bits per heavy atom. The van der Waals surface area contributed by atoms with E-state index in [4.69, 9.17) is 9.47 Å². The van der Waals surface area contributed by atoms with Crippen LogP contribution in [0.1, 0.15) is 40.5 Å². The third-order valence-corrected chi connectivity index (χ3v) is 4.62. The number of rotatable bonds is 12. The summed E-state index contributed by atoms with van der Waals surface area (Å²) in [7, 11) is 1.16. The van der Waals surface area contributed by atoms with Crippen LogP contribution >= 0.6 is 0 Å². The molecule has 1 aliphatic rings. The van der Waals surface area contributed by atoms with Crippen molar-refractivity contribution >= 4 is 17.8 Å². The molecule has 0 heterocycles. The average molecular weight is 445 g/mol. The van der Waals surface area contributed by atoms with Crippen LogP contribution in [-0.2, 0) is 23.9 Å². The molecule has 0 bridgehead atoms. The Morgan fingerprint density at radius 2 is 1.71 bits per heavy atom. The maximum atomic E-state index is 12.4. The molecule has 0 aromatic carbocycles. The number of hydrogen-bond acceptors (Lipinski definition) is 8. The monoisotopic (exact) mass is 444 g/mol. The van der Waals surface area contributed by atoms with Gasteiger partial charge in [0.15, 0.2) is 6.10 Å². The van der Waals surface area contributed by atoms with Crippen LogP contribution < -0.4 is 10.6 Å². The number of carbonyl (C=O) groups excluding carboxylic acids is 3. The molecule has 10 heteroatoms. The Balaban J connectivity index is 2.50. The standard InChI is InChI=1S/C21H36N2O8/c1-12(18(27)22-10-11-31-20(29)13-6-7-13)23-19(28)17(30-5)16(26)15(25)14(24)8-9-21(2,3)4/h8-9,12-17,24-26H,6-7,10-11H2,1-5H3,(H,22,27)(H,23,28)/b9-8+/t12-,14+,15-,16+,17+/m0/s1. The van der Waals surface area contributed by atoms with Gasteiger partial charge in [0.25, 0.3) is 5.91 Å². The van der Waals surface area contributed by atoms with Crippen molar-refractivity contribution in [1.82, 2.24) is 10.6 Å². The zero-order valence-electron chi connectivity index (χ0n) is 18.8. The van der Waals surface area contributed by atoms with Crippen molar-refractivity contribution in [3.05, 3.63) is 12.2 Å². The van der Waals surface area contributed by atoms with E-state index in [1.165, 1.54) is 13.0 Å². The van der Waals surface area contributed by atoms with Gasteiger partial charge < -0.3 is 35.4 Å². The molecule has 0 aromatic rings. The third kappa shape index (κ3) is 9.77. The minimum Gasteiger partial charge on any atom is -0.464 e. The van der Waals surface area contributed by atoms with Gasteiger partial charge in [-0.2, -0.15) is 0 Å². The molecule has 0 aliphatic heterocycles. The van der Waals surface area contributed by atoms with Gasteiger partial charge in [-0.25, -0.2) is 0 Å². The van der Waals surface area contributed by atoms with E-state index in [0.29, 0.717) is 0 Å². The van der Waals surface area contributed by atoms with Crippen LogP contribution in [0.2, 0.25) is 0 Å². The van der Waals surface area contributed by atoms with Crippen LogP contribution in [0.15, 0.2) is 12.2 Å². The second-order valence-corrected chi connectivity index (χ2v) is 8.82. The number of hydrogen-bond donors (Lipinski definition) is 5. The summed E-state index contributed by atoms with van der Waals surface area (Å²) >= 11 is 0. The molecular weight excluding hydrogens is 408 g/mol. The molecule has 1 aliphatic carbocycles. The molecule has 0 aromatic heterocycles. The van der Waals surface area contributed by atoms with E-state index in [1.54, 1.807) is 6.08 Å². The molecule has 31 heavy (non-hydrogen) atoms. The molecule has 1 saturated carbocycles. The summed E-state index contributed by atoms with van der Waals surface area (Å²) in [5.74, 6) is -1.65. The van der Waals surface area contributed by atoms with Gasteiger partial charge in [0.1, 0.15) is 31.0 Å². The molecule has 1 rings (SSSR count). The number of methoxy groups -OCH3 is 1. The number of aliphatic hydroxyl groups excluding tert-OH is 3. The lowest BCUT2D eigenvalue weighted by Gasteiger charge is -2.28. The number of ether oxygens (including phenoxy) is 2. The first-order valence-corrected chi connectivity index (χ1v) is 10.4. The van der Waals surface area contributed by atoms with E-state index in [2.05, 4.69) is 10.6 Å². The van der Waals surface area contributed by atoms with Gasteiger partial charge in [-0.15, -0.1) is 0 Å². The molecule has 0 radical (unpaired) electrons. The van der Waals surface area contributed by atoms with Crippen LogP contribution in [0.5, 0.6) is 0 Å². The fourth-order valence-electron chi connectivity index (χ4n) is 2.56. The topological polar surface area (TPSA) is 154 Å². The van der Waals surface area contributed by atoms with E-state index >= 15 is 0 Å². The number of aliphatic hydroxyl groups is 3. The summed E-state index contributed by atoms with van der Waals surface area (Å²) in [6, 6.07) is -0.973. The first-order valence-electron chi connectivity index (χ1n) is 10.4. The Morgan fingerprint density at radius 1 is 1.10 bits per heavy atom. The molecule has 10 nitrogen and oxygen atoms in total. The lowest BCUT2D eigenvalue weighted by Crippen LogP contribution is -2.55. The Hall–Kier alpha value is -2.01. The summed E-state index contributed by atoms with van der Waals surface area (Å²) < 4.78 is 9.98. The minimum atomic E-state index is -1.73. The first-order chi connectivity index (χ1) is 14.4. The zero-order chi connectivity index (χ0) is 23.8. The smallest absolute Gasteiger partial charge is 0.308 e. The van der Waals surface area contributed by atoms with Crippen molar-refractivity contribution in [2.75, 3.05) is 20.3 Å². The lowest BCUT2D eigenvalue weighted by atomic mass is 9.94. The van der Waals surface area contributed by atoms with Crippen LogP contribution in [0.4, 0.5) is 0 Å². The summed E-state index contributed by atoms with van der Waals surface area (Å²) in [5.41, 5.74) is -0.247. The zero-order valence-corrected chi connectivity index (χ0v) is 18.8. The van der Waals surface area contributed by atoms with Crippen LogP contribution in [0.3, 0.4) is 0 Å². The summed E-state index contributed by atoms with van der Waals surface area (Å²) in [4.78, 5) is 35.9. The van der Waals surface area contributed by atoms with E-state index in [9.17, 15) is 29.7 Å². The molecule has 1 fully saturated rings. The van der Waals surface area contributed by atoms with Crippen molar-refractivity contribution in [3.63, 3.8) is 0 Å². The largest absolute Gasteiger partial charge is 0.464 e. The minimum absolute atomic E-state index is 0.0239. The second-order valence-electron chi connectivity index (χ2n) is 8.82. The SMILES string of the molecule is CO[C@@H](C(=O)N[C@@H](C)C(=O)NCCOC(=O)C1CC1)[C@H](O)[C@@H](O)[C@H](O)/C=C/C(C)(C)C. The predicted octanol–water partition coefficient (Wildman–Crippen LogP) is -0.739. The van der Waals surface area contributed by atoms with Gasteiger partial charge >= 0.3 is 5.97 Å². The Labute approximate surface area is 183 Å². The van der Waals surface area contributed by atoms with E-state index < -0.39 is 42.3 Å². The van der Waals surface area contributed by atoms with Gasteiger partial charge in [-0.1, -0.05) is 32.9 Å². The van der Waals surface area contributed by atoms with Crippen LogP contribution in [-0.4, -0.2) is 83.8 Å². The molecule has 0 spiro atoms.